The maximum Gasteiger partial charge on any atom is 0.387 e. The molecule has 1 aliphatic heterocycles. The van der Waals surface area contributed by atoms with E-state index >= 15 is 0 Å². The lowest BCUT2D eigenvalue weighted by Gasteiger charge is -2.30. The third-order valence-electron chi connectivity index (χ3n) is 4.59. The Hall–Kier alpha value is -2.75. The van der Waals surface area contributed by atoms with E-state index in [2.05, 4.69) is 19.8 Å². The molecule has 29 heavy (non-hydrogen) atoms. The van der Waals surface area contributed by atoms with Gasteiger partial charge in [-0.3, -0.25) is 9.69 Å². The van der Waals surface area contributed by atoms with Crippen LogP contribution in [-0.4, -0.2) is 54.4 Å². The van der Waals surface area contributed by atoms with Gasteiger partial charge in [-0.2, -0.15) is 13.8 Å². The summed E-state index contributed by atoms with van der Waals surface area (Å²) in [7, 11) is 1.36. The fourth-order valence-electron chi connectivity index (χ4n) is 3.28. The molecule has 1 fully saturated rings. The topological polar surface area (TPSA) is 86.9 Å². The quantitative estimate of drug-likeness (QED) is 0.613. The van der Waals surface area contributed by atoms with Crippen molar-refractivity contribution < 1.29 is 32.3 Å². The molecule has 2 heterocycles. The lowest BCUT2D eigenvalue weighted by atomic mass is 9.98. The second kappa shape index (κ2) is 9.64. The molecular formula is C19H23F2N3O5. The predicted molar refractivity (Wildman–Crippen MR) is 97.6 cm³/mol. The van der Waals surface area contributed by atoms with Crippen LogP contribution in [0.2, 0.25) is 0 Å². The summed E-state index contributed by atoms with van der Waals surface area (Å²) < 4.78 is 44.9. The van der Waals surface area contributed by atoms with Gasteiger partial charge >= 0.3 is 12.6 Å². The van der Waals surface area contributed by atoms with E-state index in [4.69, 9.17) is 14.0 Å². The molecule has 0 spiro atoms. The number of hydrogen-bond acceptors (Lipinski definition) is 8. The molecule has 0 amide bonds. The largest absolute Gasteiger partial charge is 0.493 e. The number of carbonyl (C=O) groups excluding carboxylic acids is 1. The third kappa shape index (κ3) is 5.41. The van der Waals surface area contributed by atoms with E-state index in [0.29, 0.717) is 37.0 Å². The number of piperidine rings is 1. The molecule has 2 aromatic rings. The summed E-state index contributed by atoms with van der Waals surface area (Å²) in [4.78, 5) is 18.4. The summed E-state index contributed by atoms with van der Waals surface area (Å²) in [5.41, 5.74) is 0.543. The molecule has 0 aliphatic carbocycles. The number of rotatable bonds is 8. The average Bonchev–Trinajstić information content (AvgIpc) is 3.16. The van der Waals surface area contributed by atoms with E-state index in [0.717, 1.165) is 19.4 Å². The summed E-state index contributed by atoms with van der Waals surface area (Å²) >= 11 is 0. The van der Waals surface area contributed by atoms with Gasteiger partial charge in [-0.15, -0.1) is 0 Å². The van der Waals surface area contributed by atoms with E-state index < -0.39 is 6.61 Å². The fourth-order valence-corrected chi connectivity index (χ4v) is 3.28. The van der Waals surface area contributed by atoms with Crippen molar-refractivity contribution >= 4 is 5.97 Å². The third-order valence-corrected chi connectivity index (χ3v) is 4.59. The molecule has 0 bridgehead atoms. The van der Waals surface area contributed by atoms with Crippen LogP contribution in [0.25, 0.3) is 11.4 Å². The Bertz CT molecular complexity index is 830. The molecular weight excluding hydrogens is 388 g/mol. The highest BCUT2D eigenvalue weighted by atomic mass is 19.3. The van der Waals surface area contributed by atoms with Crippen LogP contribution in [0.1, 0.15) is 25.7 Å². The Kier molecular flexibility index (Phi) is 6.97. The van der Waals surface area contributed by atoms with Gasteiger partial charge in [0.1, 0.15) is 0 Å². The Morgan fingerprint density at radius 3 is 2.93 bits per heavy atom. The van der Waals surface area contributed by atoms with E-state index in [9.17, 15) is 13.6 Å². The van der Waals surface area contributed by atoms with Gasteiger partial charge in [-0.05, 0) is 44.5 Å². The second-order valence-electron chi connectivity index (χ2n) is 6.58. The first-order valence-corrected chi connectivity index (χ1v) is 9.35. The van der Waals surface area contributed by atoms with Crippen LogP contribution in [0.3, 0.4) is 0 Å². The van der Waals surface area contributed by atoms with E-state index in [1.165, 1.54) is 19.2 Å². The van der Waals surface area contributed by atoms with Crippen LogP contribution in [-0.2, 0) is 16.1 Å². The van der Waals surface area contributed by atoms with Gasteiger partial charge < -0.3 is 18.7 Å². The van der Waals surface area contributed by atoms with Crippen molar-refractivity contribution in [3.8, 4) is 22.9 Å². The maximum atomic E-state index is 12.5. The van der Waals surface area contributed by atoms with Gasteiger partial charge in [0.2, 0.25) is 11.7 Å². The maximum absolute atomic E-state index is 12.5. The molecule has 1 atom stereocenters. The zero-order valence-corrected chi connectivity index (χ0v) is 16.3. The number of esters is 1. The number of benzene rings is 1. The minimum atomic E-state index is -2.95. The molecule has 0 N–H and O–H groups in total. The van der Waals surface area contributed by atoms with Crippen LogP contribution in [0, 0.1) is 5.92 Å². The van der Waals surface area contributed by atoms with Crippen LogP contribution in [0.5, 0.6) is 11.5 Å². The smallest absolute Gasteiger partial charge is 0.387 e. The van der Waals surface area contributed by atoms with Crippen LogP contribution < -0.4 is 9.47 Å². The van der Waals surface area contributed by atoms with Crippen molar-refractivity contribution in [1.29, 1.82) is 0 Å². The zero-order chi connectivity index (χ0) is 20.8. The Morgan fingerprint density at radius 2 is 2.21 bits per heavy atom. The Balaban J connectivity index is 1.67. The minimum Gasteiger partial charge on any atom is -0.493 e. The zero-order valence-electron chi connectivity index (χ0n) is 16.3. The number of methoxy groups -OCH3 is 1. The van der Waals surface area contributed by atoms with Crippen molar-refractivity contribution in [2.75, 3.05) is 26.8 Å². The highest BCUT2D eigenvalue weighted by molar-refractivity contribution is 5.72. The molecule has 1 aliphatic rings. The van der Waals surface area contributed by atoms with Gasteiger partial charge in [-0.25, -0.2) is 0 Å². The van der Waals surface area contributed by atoms with Crippen molar-refractivity contribution in [2.24, 2.45) is 5.92 Å². The molecule has 1 aromatic carbocycles. The number of halogens is 2. The summed E-state index contributed by atoms with van der Waals surface area (Å²) in [6.45, 7) is 1.01. The number of aromatic nitrogens is 2. The molecule has 158 valence electrons. The lowest BCUT2D eigenvalue weighted by molar-refractivity contribution is -0.150. The number of hydrogen-bond donors (Lipinski definition) is 0. The van der Waals surface area contributed by atoms with E-state index in [1.54, 1.807) is 13.0 Å². The standard InChI is InChI=1S/C19H23F2N3O5/c1-3-27-18(25)13-5-4-8-24(10-13)11-16-22-17(23-29-16)12-6-7-14(28-19(20)21)15(9-12)26-2/h6-7,9,13,19H,3-5,8,10-11H2,1-2H3/t13-/m1/s1. The lowest BCUT2D eigenvalue weighted by Crippen LogP contribution is -2.39. The molecule has 1 saturated heterocycles. The van der Waals surface area contributed by atoms with E-state index in [1.807, 2.05) is 0 Å². The van der Waals surface area contributed by atoms with Crippen molar-refractivity contribution in [3.63, 3.8) is 0 Å². The van der Waals surface area contributed by atoms with Crippen LogP contribution >= 0.6 is 0 Å². The van der Waals surface area contributed by atoms with Gasteiger partial charge in [0.15, 0.2) is 11.5 Å². The summed E-state index contributed by atoms with van der Waals surface area (Å²) in [6.07, 6.45) is 1.69. The Morgan fingerprint density at radius 1 is 1.38 bits per heavy atom. The first-order valence-electron chi connectivity index (χ1n) is 9.35. The number of nitrogens with zero attached hydrogens (tertiary/aromatic N) is 3. The SMILES string of the molecule is CCOC(=O)[C@@H]1CCCN(Cc2nc(-c3ccc(OC(F)F)c(OC)c3)no2)C1. The average molecular weight is 411 g/mol. The molecule has 0 saturated carbocycles. The number of carbonyl (C=O) groups is 1. The van der Waals surface area contributed by atoms with Crippen molar-refractivity contribution in [3.05, 3.63) is 24.1 Å². The predicted octanol–water partition coefficient (Wildman–Crippen LogP) is 3.12. The van der Waals surface area contributed by atoms with Gasteiger partial charge in [0.25, 0.3) is 0 Å². The number of likely N-dealkylation sites (tertiary alicyclic amines) is 1. The minimum absolute atomic E-state index is 0.0757. The molecule has 1 aromatic heterocycles. The van der Waals surface area contributed by atoms with Crippen LogP contribution in [0.15, 0.2) is 22.7 Å². The van der Waals surface area contributed by atoms with Crippen molar-refractivity contribution in [1.82, 2.24) is 15.0 Å². The van der Waals surface area contributed by atoms with Crippen LogP contribution in [0.4, 0.5) is 8.78 Å². The second-order valence-corrected chi connectivity index (χ2v) is 6.58. The first-order chi connectivity index (χ1) is 14.0. The molecule has 10 heteroatoms. The van der Waals surface area contributed by atoms with Gasteiger partial charge in [0.05, 0.1) is 26.2 Å². The highest BCUT2D eigenvalue weighted by Gasteiger charge is 2.28. The first kappa shape index (κ1) is 21.0. The number of ether oxygens (including phenoxy) is 3. The number of alkyl halides is 2. The Labute approximate surface area is 166 Å². The molecule has 8 nitrogen and oxygen atoms in total. The fraction of sp³-hybridized carbons (Fsp3) is 0.526. The monoisotopic (exact) mass is 411 g/mol. The molecule has 0 unspecified atom stereocenters. The highest BCUT2D eigenvalue weighted by Crippen LogP contribution is 2.32. The summed E-state index contributed by atoms with van der Waals surface area (Å²) in [5, 5.41) is 3.95. The van der Waals surface area contributed by atoms with E-state index in [-0.39, 0.29) is 23.4 Å². The van der Waals surface area contributed by atoms with Gasteiger partial charge in [-0.1, -0.05) is 5.16 Å². The molecule has 3 rings (SSSR count). The summed E-state index contributed by atoms with van der Waals surface area (Å²) in [6, 6.07) is 4.42. The van der Waals surface area contributed by atoms with Gasteiger partial charge in [0, 0.05) is 12.1 Å². The van der Waals surface area contributed by atoms with Crippen molar-refractivity contribution in [2.45, 2.75) is 32.9 Å². The molecule has 0 radical (unpaired) electrons. The summed E-state index contributed by atoms with van der Waals surface area (Å²) in [5.74, 6) is 0.437. The normalized spacial score (nSPS) is 17.3.